The summed E-state index contributed by atoms with van der Waals surface area (Å²) in [6, 6.07) is 9.36. The van der Waals surface area contributed by atoms with E-state index in [0.29, 0.717) is 0 Å². The van der Waals surface area contributed by atoms with Crippen LogP contribution >= 0.6 is 11.6 Å². The minimum Gasteiger partial charge on any atom is -0.449 e. The van der Waals surface area contributed by atoms with Crippen LogP contribution in [0, 0.1) is 0 Å². The van der Waals surface area contributed by atoms with Gasteiger partial charge in [0.2, 0.25) is 0 Å². The molecule has 0 bridgehead atoms. The van der Waals surface area contributed by atoms with Crippen molar-refractivity contribution in [3.63, 3.8) is 0 Å². The molecule has 1 rings (SSSR count). The monoisotopic (exact) mass is 228 g/mol. The lowest BCUT2D eigenvalue weighted by Gasteiger charge is -1.98. The van der Waals surface area contributed by atoms with E-state index in [1.807, 2.05) is 30.3 Å². The molecule has 0 saturated heterocycles. The molecule has 15 heavy (non-hydrogen) atoms. The number of hydrogen-bond acceptors (Lipinski definition) is 3. The van der Waals surface area contributed by atoms with Crippen molar-refractivity contribution >= 4 is 22.8 Å². The zero-order chi connectivity index (χ0) is 11.7. The van der Waals surface area contributed by atoms with Gasteiger partial charge in [0.25, 0.3) is 0 Å². The lowest BCUT2D eigenvalue weighted by Crippen LogP contribution is -1.93. The van der Waals surface area contributed by atoms with Gasteiger partial charge < -0.3 is 9.53 Å². The van der Waals surface area contributed by atoms with Crippen molar-refractivity contribution in [1.82, 2.24) is 0 Å². The lowest BCUT2D eigenvalue weighted by atomic mass is 10.2. The Balaban J connectivity index is 0.000000423. The third-order valence-electron chi connectivity index (χ3n) is 1.20. The average molecular weight is 229 g/mol. The molecule has 1 aromatic rings. The summed E-state index contributed by atoms with van der Waals surface area (Å²) in [6.45, 7) is 3.29. The van der Waals surface area contributed by atoms with Crippen molar-refractivity contribution < 1.29 is 14.3 Å². The third-order valence-corrected chi connectivity index (χ3v) is 1.30. The van der Waals surface area contributed by atoms with Gasteiger partial charge in [0.15, 0.2) is 0 Å². The maximum Gasteiger partial charge on any atom is 0.404 e. The molecule has 0 heterocycles. The number of carbonyl (C=O) groups is 2. The normalized spacial score (nSPS) is 8.47. The van der Waals surface area contributed by atoms with Gasteiger partial charge in [-0.1, -0.05) is 30.3 Å². The van der Waals surface area contributed by atoms with Crippen LogP contribution in [0.4, 0.5) is 4.79 Å². The molecule has 0 atom stereocenters. The summed E-state index contributed by atoms with van der Waals surface area (Å²) in [7, 11) is 0. The van der Waals surface area contributed by atoms with Crippen LogP contribution < -0.4 is 0 Å². The Bertz CT molecular complexity index is 305. The highest BCUT2D eigenvalue weighted by atomic mass is 35.5. The number of hydrogen-bond donors (Lipinski definition) is 0. The quantitative estimate of drug-likeness (QED) is 0.731. The van der Waals surface area contributed by atoms with Crippen LogP contribution in [-0.2, 0) is 16.1 Å². The Morgan fingerprint density at radius 3 is 2.07 bits per heavy atom. The van der Waals surface area contributed by atoms with Crippen molar-refractivity contribution in [2.45, 2.75) is 20.5 Å². The molecule has 0 fully saturated rings. The number of halogens is 1. The standard InChI is InChI=1S/C8H7ClO2.C3H6O/c9-8(10)11-6-7-4-2-1-3-5-7;1-3(2)4/h1-5H,6H2;1-2H3. The summed E-state index contributed by atoms with van der Waals surface area (Å²) in [5, 5.41) is 0. The highest BCUT2D eigenvalue weighted by Crippen LogP contribution is 2.01. The van der Waals surface area contributed by atoms with E-state index in [1.54, 1.807) is 0 Å². The predicted molar refractivity (Wildman–Crippen MR) is 58.8 cm³/mol. The van der Waals surface area contributed by atoms with Crippen LogP contribution in [-0.4, -0.2) is 11.2 Å². The molecule has 0 aliphatic carbocycles. The van der Waals surface area contributed by atoms with Gasteiger partial charge in [-0.25, -0.2) is 4.79 Å². The molecule has 0 aliphatic heterocycles. The topological polar surface area (TPSA) is 43.4 Å². The lowest BCUT2D eigenvalue weighted by molar-refractivity contribution is -0.114. The first-order chi connectivity index (χ1) is 7.02. The molecule has 0 N–H and O–H groups in total. The first-order valence-corrected chi connectivity index (χ1v) is 4.73. The minimum atomic E-state index is -0.770. The van der Waals surface area contributed by atoms with E-state index in [-0.39, 0.29) is 12.4 Å². The molecule has 0 spiro atoms. The van der Waals surface area contributed by atoms with Crippen LogP contribution in [0.3, 0.4) is 0 Å². The number of benzene rings is 1. The van der Waals surface area contributed by atoms with Gasteiger partial charge in [-0.3, -0.25) is 0 Å². The van der Waals surface area contributed by atoms with Gasteiger partial charge in [0.05, 0.1) is 0 Å². The number of ketones is 1. The Morgan fingerprint density at radius 1 is 1.20 bits per heavy atom. The molecule has 0 unspecified atom stereocenters. The molecular weight excluding hydrogens is 216 g/mol. The highest BCUT2D eigenvalue weighted by molar-refractivity contribution is 6.61. The molecule has 1 aromatic carbocycles. The van der Waals surface area contributed by atoms with E-state index in [2.05, 4.69) is 4.74 Å². The molecule has 82 valence electrons. The molecule has 0 saturated carbocycles. The average Bonchev–Trinajstić information content (AvgIpc) is 2.15. The third kappa shape index (κ3) is 10.6. The first-order valence-electron chi connectivity index (χ1n) is 4.35. The second kappa shape index (κ2) is 8.00. The fourth-order valence-electron chi connectivity index (χ4n) is 0.714. The Kier molecular flexibility index (Phi) is 7.28. The smallest absolute Gasteiger partial charge is 0.404 e. The zero-order valence-corrected chi connectivity index (χ0v) is 9.45. The van der Waals surface area contributed by atoms with Crippen molar-refractivity contribution in [3.8, 4) is 0 Å². The van der Waals surface area contributed by atoms with E-state index in [0.717, 1.165) is 5.56 Å². The van der Waals surface area contributed by atoms with E-state index < -0.39 is 5.43 Å². The van der Waals surface area contributed by atoms with Crippen LogP contribution in [0.15, 0.2) is 30.3 Å². The SMILES string of the molecule is CC(C)=O.O=C(Cl)OCc1ccccc1. The summed E-state index contributed by atoms with van der Waals surface area (Å²) < 4.78 is 4.55. The fraction of sp³-hybridized carbons (Fsp3) is 0.273. The molecule has 3 nitrogen and oxygen atoms in total. The molecule has 0 radical (unpaired) electrons. The predicted octanol–water partition coefficient (Wildman–Crippen LogP) is 3.16. The van der Waals surface area contributed by atoms with Crippen LogP contribution in [0.5, 0.6) is 0 Å². The van der Waals surface area contributed by atoms with Gasteiger partial charge >= 0.3 is 5.43 Å². The van der Waals surface area contributed by atoms with Crippen LogP contribution in [0.1, 0.15) is 19.4 Å². The van der Waals surface area contributed by atoms with Crippen LogP contribution in [0.2, 0.25) is 0 Å². The maximum atomic E-state index is 10.2. The minimum absolute atomic E-state index is 0.167. The van der Waals surface area contributed by atoms with Gasteiger partial charge in [-0.2, -0.15) is 0 Å². The summed E-state index contributed by atoms with van der Waals surface area (Å²) in [4.78, 5) is 19.6. The van der Waals surface area contributed by atoms with Gasteiger partial charge in [-0.05, 0) is 19.4 Å². The van der Waals surface area contributed by atoms with E-state index in [9.17, 15) is 9.59 Å². The number of carbonyl (C=O) groups excluding carboxylic acids is 2. The molecular formula is C11H13ClO3. The number of rotatable bonds is 2. The van der Waals surface area contributed by atoms with Crippen molar-refractivity contribution in [3.05, 3.63) is 35.9 Å². The van der Waals surface area contributed by atoms with Crippen molar-refractivity contribution in [1.29, 1.82) is 0 Å². The fourth-order valence-corrected chi connectivity index (χ4v) is 0.769. The van der Waals surface area contributed by atoms with E-state index in [1.165, 1.54) is 13.8 Å². The maximum absolute atomic E-state index is 10.2. The Hall–Kier alpha value is -1.35. The largest absolute Gasteiger partial charge is 0.449 e. The summed E-state index contributed by atoms with van der Waals surface area (Å²) in [5.74, 6) is 0.167. The summed E-state index contributed by atoms with van der Waals surface area (Å²) in [5.41, 5.74) is 0.162. The van der Waals surface area contributed by atoms with Gasteiger partial charge in [0.1, 0.15) is 12.4 Å². The zero-order valence-electron chi connectivity index (χ0n) is 8.70. The molecule has 0 amide bonds. The van der Waals surface area contributed by atoms with Crippen molar-refractivity contribution in [2.24, 2.45) is 0 Å². The molecule has 0 aromatic heterocycles. The van der Waals surface area contributed by atoms with Gasteiger partial charge in [0, 0.05) is 11.6 Å². The Labute approximate surface area is 94.0 Å². The van der Waals surface area contributed by atoms with E-state index in [4.69, 9.17) is 11.6 Å². The van der Waals surface area contributed by atoms with Gasteiger partial charge in [-0.15, -0.1) is 0 Å². The first kappa shape index (κ1) is 13.7. The second-order valence-electron chi connectivity index (χ2n) is 2.92. The second-order valence-corrected chi connectivity index (χ2v) is 3.23. The Morgan fingerprint density at radius 2 is 1.67 bits per heavy atom. The summed E-state index contributed by atoms with van der Waals surface area (Å²) in [6.07, 6.45) is 0. The number of Topliss-reactive ketones (excluding diaryl/α,β-unsaturated/α-hetero) is 1. The highest BCUT2D eigenvalue weighted by Gasteiger charge is 1.95. The van der Waals surface area contributed by atoms with Crippen molar-refractivity contribution in [2.75, 3.05) is 0 Å². The molecule has 4 heteroatoms. The number of ether oxygens (including phenoxy) is 1. The van der Waals surface area contributed by atoms with Crippen LogP contribution in [0.25, 0.3) is 0 Å². The summed E-state index contributed by atoms with van der Waals surface area (Å²) >= 11 is 4.97. The molecule has 0 aliphatic rings. The van der Waals surface area contributed by atoms with E-state index >= 15 is 0 Å².